The maximum absolute atomic E-state index is 12.9. The second-order valence-electron chi connectivity index (χ2n) is 8.18. The molecule has 0 fully saturated rings. The molecule has 0 spiro atoms. The number of unbranched alkanes of at least 4 members (excludes halogenated alkanes) is 1. The monoisotopic (exact) mass is 499 g/mol. The van der Waals surface area contributed by atoms with Crippen LogP contribution in [0.3, 0.4) is 0 Å². The second-order valence-corrected chi connectivity index (χ2v) is 8.55. The number of H-pyrrole nitrogens is 1. The highest BCUT2D eigenvalue weighted by Gasteiger charge is 2.30. The molecule has 1 aromatic rings. The number of aromatic amines is 1. The van der Waals surface area contributed by atoms with Crippen molar-refractivity contribution in [3.63, 3.8) is 0 Å². The van der Waals surface area contributed by atoms with Crippen LogP contribution in [-0.2, 0) is 25.6 Å². The maximum atomic E-state index is 12.9. The lowest BCUT2D eigenvalue weighted by atomic mass is 9.99. The van der Waals surface area contributed by atoms with Gasteiger partial charge in [-0.3, -0.25) is 14.4 Å². The zero-order valence-electron chi connectivity index (χ0n) is 19.6. The molecular weight excluding hydrogens is 462 g/mol. The van der Waals surface area contributed by atoms with Crippen LogP contribution in [0.15, 0.2) is 12.5 Å². The Kier molecular flexibility index (Phi) is 13.2. The van der Waals surface area contributed by atoms with Crippen molar-refractivity contribution in [3.05, 3.63) is 18.2 Å². The Morgan fingerprint density at radius 1 is 1.09 bits per heavy atom. The summed E-state index contributed by atoms with van der Waals surface area (Å²) in [6, 6.07) is -4.06. The summed E-state index contributed by atoms with van der Waals surface area (Å²) < 4.78 is 0. The molecule has 1 heterocycles. The number of carboxylic acids is 1. The van der Waals surface area contributed by atoms with Crippen molar-refractivity contribution in [2.45, 2.75) is 70.1 Å². The van der Waals surface area contributed by atoms with Gasteiger partial charge in [0.2, 0.25) is 17.7 Å². The molecule has 3 amide bonds. The third kappa shape index (κ3) is 9.69. The molecule has 0 radical (unpaired) electrons. The quantitative estimate of drug-likeness (QED) is 0.103. The number of nitrogens with zero attached hydrogens (tertiary/aromatic N) is 1. The first-order chi connectivity index (χ1) is 16.1. The number of amides is 3. The summed E-state index contributed by atoms with van der Waals surface area (Å²) in [5.41, 5.74) is 12.0. The minimum atomic E-state index is -1.23. The van der Waals surface area contributed by atoms with Crippen LogP contribution >= 0.6 is 12.6 Å². The van der Waals surface area contributed by atoms with Gasteiger partial charge >= 0.3 is 5.97 Å². The van der Waals surface area contributed by atoms with Crippen LogP contribution in [0.1, 0.15) is 45.2 Å². The fourth-order valence-electron chi connectivity index (χ4n) is 3.10. The van der Waals surface area contributed by atoms with Crippen molar-refractivity contribution in [1.82, 2.24) is 25.9 Å². The van der Waals surface area contributed by atoms with Crippen molar-refractivity contribution in [3.8, 4) is 0 Å². The molecule has 13 heteroatoms. The standard InChI is InChI=1S/C21H37N7O5S/c1-3-12(2)17(23)20(31)28-16(10-34)19(30)26-14(6-4-5-7-22)18(29)27-15(21(32)33)8-13-9-24-11-25-13/h9,11-12,14-17,34H,3-8,10,22-23H2,1-2H3,(H,24,25)(H,26,30)(H,27,29)(H,28,31)(H,32,33). The molecule has 0 aromatic carbocycles. The minimum absolute atomic E-state index is 0.00658. The van der Waals surface area contributed by atoms with Crippen molar-refractivity contribution >= 4 is 36.3 Å². The third-order valence-corrected chi connectivity index (χ3v) is 5.91. The molecule has 0 bridgehead atoms. The summed E-state index contributed by atoms with van der Waals surface area (Å²) in [6.07, 6.45) is 4.95. The molecule has 1 rings (SSSR count). The summed E-state index contributed by atoms with van der Waals surface area (Å²) in [4.78, 5) is 56.5. The Bertz CT molecular complexity index is 792. The highest BCUT2D eigenvalue weighted by molar-refractivity contribution is 7.80. The molecule has 0 aliphatic rings. The van der Waals surface area contributed by atoms with Crippen LogP contribution in [-0.4, -0.2) is 75.2 Å². The van der Waals surface area contributed by atoms with Gasteiger partial charge in [0.25, 0.3) is 0 Å². The second kappa shape index (κ2) is 15.3. The van der Waals surface area contributed by atoms with E-state index in [9.17, 15) is 24.3 Å². The van der Waals surface area contributed by atoms with E-state index in [1.54, 1.807) is 0 Å². The number of thiol groups is 1. The van der Waals surface area contributed by atoms with Crippen LogP contribution in [0.2, 0.25) is 0 Å². The van der Waals surface area contributed by atoms with Crippen LogP contribution < -0.4 is 27.4 Å². The Hall–Kier alpha value is -2.64. The van der Waals surface area contributed by atoms with Gasteiger partial charge in [0, 0.05) is 24.1 Å². The number of hydrogen-bond donors (Lipinski definition) is 8. The zero-order valence-corrected chi connectivity index (χ0v) is 20.5. The van der Waals surface area contributed by atoms with Gasteiger partial charge in [0.05, 0.1) is 12.4 Å². The third-order valence-electron chi connectivity index (χ3n) is 5.55. The number of carbonyl (C=O) groups is 4. The predicted octanol–water partition coefficient (Wildman–Crippen LogP) is -1.08. The number of nitrogens with one attached hydrogen (secondary N) is 4. The first-order valence-corrected chi connectivity index (χ1v) is 11.9. The minimum Gasteiger partial charge on any atom is -0.480 e. The van der Waals surface area contributed by atoms with E-state index in [2.05, 4.69) is 38.5 Å². The van der Waals surface area contributed by atoms with Gasteiger partial charge in [-0.05, 0) is 31.7 Å². The van der Waals surface area contributed by atoms with Gasteiger partial charge in [-0.1, -0.05) is 20.3 Å². The van der Waals surface area contributed by atoms with Gasteiger partial charge < -0.3 is 37.5 Å². The number of aromatic nitrogens is 2. The summed E-state index contributed by atoms with van der Waals surface area (Å²) in [5.74, 6) is -3.08. The number of hydrogen-bond acceptors (Lipinski definition) is 8. The van der Waals surface area contributed by atoms with E-state index >= 15 is 0 Å². The molecule has 0 saturated heterocycles. The summed E-state index contributed by atoms with van der Waals surface area (Å²) in [7, 11) is 0. The summed E-state index contributed by atoms with van der Waals surface area (Å²) >= 11 is 4.14. The highest BCUT2D eigenvalue weighted by Crippen LogP contribution is 2.07. The molecule has 0 aliphatic carbocycles. The topological polar surface area (TPSA) is 205 Å². The number of carbonyl (C=O) groups excluding carboxylic acids is 3. The van der Waals surface area contributed by atoms with Crippen molar-refractivity contribution < 1.29 is 24.3 Å². The Labute approximate surface area is 204 Å². The highest BCUT2D eigenvalue weighted by atomic mass is 32.1. The van der Waals surface area contributed by atoms with E-state index in [1.807, 2.05) is 13.8 Å². The average Bonchev–Trinajstić information content (AvgIpc) is 3.33. The number of nitrogens with two attached hydrogens (primary N) is 2. The van der Waals surface area contributed by atoms with E-state index in [-0.39, 0.29) is 24.5 Å². The molecule has 192 valence electrons. The van der Waals surface area contributed by atoms with Gasteiger partial charge in [-0.25, -0.2) is 9.78 Å². The largest absolute Gasteiger partial charge is 0.480 e. The van der Waals surface area contributed by atoms with E-state index in [0.717, 1.165) is 0 Å². The molecule has 5 unspecified atom stereocenters. The molecular formula is C21H37N7O5S. The molecule has 1 aromatic heterocycles. The Balaban J connectivity index is 2.88. The number of aliphatic carboxylic acids is 1. The van der Waals surface area contributed by atoms with E-state index in [4.69, 9.17) is 11.5 Å². The first-order valence-electron chi connectivity index (χ1n) is 11.3. The summed E-state index contributed by atoms with van der Waals surface area (Å²) in [6.45, 7) is 4.14. The van der Waals surface area contributed by atoms with Gasteiger partial charge in [0.1, 0.15) is 18.1 Å². The molecule has 0 aliphatic heterocycles. The maximum Gasteiger partial charge on any atom is 0.326 e. The SMILES string of the molecule is CCC(C)C(N)C(=O)NC(CS)C(=O)NC(CCCCN)C(=O)NC(Cc1cnc[nH]1)C(=O)O. The molecule has 9 N–H and O–H groups in total. The summed E-state index contributed by atoms with van der Waals surface area (Å²) in [5, 5.41) is 17.2. The average molecular weight is 500 g/mol. The molecule has 0 saturated carbocycles. The van der Waals surface area contributed by atoms with E-state index in [0.29, 0.717) is 31.5 Å². The predicted molar refractivity (Wildman–Crippen MR) is 130 cm³/mol. The lowest BCUT2D eigenvalue weighted by molar-refractivity contribution is -0.142. The molecule has 12 nitrogen and oxygen atoms in total. The number of rotatable bonds is 16. The van der Waals surface area contributed by atoms with Gasteiger partial charge in [-0.2, -0.15) is 12.6 Å². The normalized spacial score (nSPS) is 15.4. The lowest BCUT2D eigenvalue weighted by Gasteiger charge is -2.25. The zero-order chi connectivity index (χ0) is 25.7. The molecule has 5 atom stereocenters. The fourth-order valence-corrected chi connectivity index (χ4v) is 3.35. The fraction of sp³-hybridized carbons (Fsp3) is 0.667. The van der Waals surface area contributed by atoms with Crippen LogP contribution in [0, 0.1) is 5.92 Å². The van der Waals surface area contributed by atoms with Crippen LogP contribution in [0.25, 0.3) is 0 Å². The lowest BCUT2D eigenvalue weighted by Crippen LogP contribution is -2.58. The van der Waals surface area contributed by atoms with Crippen molar-refractivity contribution in [1.29, 1.82) is 0 Å². The smallest absolute Gasteiger partial charge is 0.326 e. The number of carboxylic acid groups (broad SMARTS) is 1. The Morgan fingerprint density at radius 2 is 1.71 bits per heavy atom. The van der Waals surface area contributed by atoms with Gasteiger partial charge in [0.15, 0.2) is 0 Å². The Morgan fingerprint density at radius 3 is 2.24 bits per heavy atom. The van der Waals surface area contributed by atoms with Crippen LogP contribution in [0.4, 0.5) is 0 Å². The first kappa shape index (κ1) is 29.4. The van der Waals surface area contributed by atoms with Crippen molar-refractivity contribution in [2.24, 2.45) is 17.4 Å². The van der Waals surface area contributed by atoms with E-state index in [1.165, 1.54) is 12.5 Å². The van der Waals surface area contributed by atoms with E-state index < -0.39 is 47.9 Å². The van der Waals surface area contributed by atoms with Gasteiger partial charge in [-0.15, -0.1) is 0 Å². The number of imidazole rings is 1. The van der Waals surface area contributed by atoms with Crippen molar-refractivity contribution in [2.75, 3.05) is 12.3 Å². The molecule has 34 heavy (non-hydrogen) atoms. The van der Waals surface area contributed by atoms with Crippen LogP contribution in [0.5, 0.6) is 0 Å².